The van der Waals surface area contributed by atoms with Crippen molar-refractivity contribution in [2.75, 3.05) is 13.2 Å². The van der Waals surface area contributed by atoms with Gasteiger partial charge in [0.25, 0.3) is 5.79 Å². The first-order valence-electron chi connectivity index (χ1n) is 3.97. The summed E-state index contributed by atoms with van der Waals surface area (Å²) >= 11 is 0. The number of carbonyl (C=O) groups excluding carboxylic acids is 1. The van der Waals surface area contributed by atoms with Gasteiger partial charge in [0.15, 0.2) is 0 Å². The lowest BCUT2D eigenvalue weighted by atomic mass is 10.3. The SMILES string of the molecule is CCOC(C)(OCC)C(=O)O[SiH3]. The van der Waals surface area contributed by atoms with Crippen LogP contribution in [0.2, 0.25) is 0 Å². The lowest BCUT2D eigenvalue weighted by Crippen LogP contribution is -2.42. The lowest BCUT2D eigenvalue weighted by molar-refractivity contribution is -0.230. The Bertz CT molecular complexity index is 142. The first-order chi connectivity index (χ1) is 5.60. The fourth-order valence-corrected chi connectivity index (χ4v) is 1.27. The van der Waals surface area contributed by atoms with E-state index < -0.39 is 11.8 Å². The fourth-order valence-electron chi connectivity index (χ4n) is 0.896. The Morgan fingerprint density at radius 1 is 1.33 bits per heavy atom. The Labute approximate surface area is 75.7 Å². The van der Waals surface area contributed by atoms with Crippen molar-refractivity contribution in [1.82, 2.24) is 0 Å². The summed E-state index contributed by atoms with van der Waals surface area (Å²) in [6.07, 6.45) is 0. The van der Waals surface area contributed by atoms with E-state index in [0.717, 1.165) is 0 Å². The van der Waals surface area contributed by atoms with Crippen LogP contribution >= 0.6 is 0 Å². The van der Waals surface area contributed by atoms with Crippen LogP contribution in [0.1, 0.15) is 20.8 Å². The van der Waals surface area contributed by atoms with Crippen molar-refractivity contribution < 1.29 is 18.7 Å². The number of hydrogen-bond acceptors (Lipinski definition) is 4. The summed E-state index contributed by atoms with van der Waals surface area (Å²) in [5.74, 6) is -1.66. The molecule has 0 bridgehead atoms. The minimum Gasteiger partial charge on any atom is -0.525 e. The standard InChI is InChI=1S/C7H16O4Si/c1-4-9-7(3,10-5-2)6(8)11-12/h4-5H2,1-3,12H3. The lowest BCUT2D eigenvalue weighted by Gasteiger charge is -2.25. The largest absolute Gasteiger partial charge is 0.525 e. The molecule has 5 heteroatoms. The second kappa shape index (κ2) is 5.29. The molecule has 0 aromatic rings. The minimum atomic E-state index is -1.22. The molecule has 0 aliphatic heterocycles. The van der Waals surface area contributed by atoms with E-state index in [4.69, 9.17) is 9.47 Å². The van der Waals surface area contributed by atoms with Crippen molar-refractivity contribution in [2.24, 2.45) is 0 Å². The molecular formula is C7H16O4Si. The van der Waals surface area contributed by atoms with Crippen LogP contribution in [0.4, 0.5) is 0 Å². The molecule has 0 fully saturated rings. The third-order valence-corrected chi connectivity index (χ3v) is 1.77. The van der Waals surface area contributed by atoms with E-state index in [1.807, 2.05) is 0 Å². The average molecular weight is 192 g/mol. The maximum Gasteiger partial charge on any atom is 0.352 e. The maximum atomic E-state index is 11.2. The zero-order chi connectivity index (χ0) is 9.61. The summed E-state index contributed by atoms with van der Waals surface area (Å²) in [5.41, 5.74) is 0. The number of ether oxygens (including phenoxy) is 2. The first kappa shape index (κ1) is 11.6. The molecule has 0 aromatic heterocycles. The van der Waals surface area contributed by atoms with Gasteiger partial charge in [0.2, 0.25) is 10.5 Å². The zero-order valence-electron chi connectivity index (χ0n) is 8.05. The molecule has 0 spiro atoms. The number of hydrogen-bond donors (Lipinski definition) is 0. The van der Waals surface area contributed by atoms with E-state index in [2.05, 4.69) is 4.43 Å². The van der Waals surface area contributed by atoms with Gasteiger partial charge in [0.1, 0.15) is 0 Å². The van der Waals surface area contributed by atoms with Crippen molar-refractivity contribution in [3.63, 3.8) is 0 Å². The molecule has 0 radical (unpaired) electrons. The topological polar surface area (TPSA) is 44.8 Å². The third kappa shape index (κ3) is 2.92. The first-order valence-corrected chi connectivity index (χ1v) is 4.78. The van der Waals surface area contributed by atoms with Crippen molar-refractivity contribution in [1.29, 1.82) is 0 Å². The zero-order valence-corrected chi connectivity index (χ0v) is 10.0. The van der Waals surface area contributed by atoms with Gasteiger partial charge < -0.3 is 13.9 Å². The Balaban J connectivity index is 4.26. The van der Waals surface area contributed by atoms with E-state index in [1.165, 1.54) is 0 Å². The number of rotatable bonds is 5. The third-order valence-electron chi connectivity index (χ3n) is 1.40. The molecule has 0 unspecified atom stereocenters. The second-order valence-electron chi connectivity index (χ2n) is 2.30. The highest BCUT2D eigenvalue weighted by Gasteiger charge is 2.35. The molecule has 0 saturated carbocycles. The molecule has 0 aliphatic carbocycles. The molecule has 72 valence electrons. The van der Waals surface area contributed by atoms with Gasteiger partial charge in [0.05, 0.1) is 0 Å². The minimum absolute atomic E-state index is 0.358. The summed E-state index contributed by atoms with van der Waals surface area (Å²) in [4.78, 5) is 11.2. The summed E-state index contributed by atoms with van der Waals surface area (Å²) < 4.78 is 15.0. The van der Waals surface area contributed by atoms with Crippen molar-refractivity contribution in [3.8, 4) is 0 Å². The predicted octanol–water partition coefficient (Wildman–Crippen LogP) is -0.401. The van der Waals surface area contributed by atoms with Crippen LogP contribution in [0, 0.1) is 0 Å². The Hall–Kier alpha value is -0.393. The van der Waals surface area contributed by atoms with Crippen LogP contribution in [0.3, 0.4) is 0 Å². The molecule has 0 aromatic carbocycles. The highest BCUT2D eigenvalue weighted by molar-refractivity contribution is 6.06. The van der Waals surface area contributed by atoms with E-state index >= 15 is 0 Å². The molecule has 0 aliphatic rings. The maximum absolute atomic E-state index is 11.2. The Morgan fingerprint density at radius 2 is 1.75 bits per heavy atom. The molecular weight excluding hydrogens is 176 g/mol. The quantitative estimate of drug-likeness (QED) is 0.439. The van der Waals surface area contributed by atoms with Gasteiger partial charge >= 0.3 is 5.97 Å². The van der Waals surface area contributed by atoms with E-state index in [9.17, 15) is 4.79 Å². The van der Waals surface area contributed by atoms with E-state index in [-0.39, 0.29) is 0 Å². The molecule has 0 amide bonds. The average Bonchev–Trinajstić information content (AvgIpc) is 2.04. The molecule has 0 heterocycles. The van der Waals surface area contributed by atoms with Crippen LogP contribution in [-0.2, 0) is 18.7 Å². The predicted molar refractivity (Wildman–Crippen MR) is 47.7 cm³/mol. The van der Waals surface area contributed by atoms with E-state index in [1.54, 1.807) is 20.8 Å². The van der Waals surface area contributed by atoms with Gasteiger partial charge in [-0.05, 0) is 13.8 Å². The van der Waals surface area contributed by atoms with Crippen LogP contribution in [0.15, 0.2) is 0 Å². The summed E-state index contributed by atoms with van der Waals surface area (Å²) in [6.45, 7) is 6.02. The summed E-state index contributed by atoms with van der Waals surface area (Å²) in [7, 11) is 0.358. The summed E-state index contributed by atoms with van der Waals surface area (Å²) in [5, 5.41) is 0. The van der Waals surface area contributed by atoms with Crippen LogP contribution in [0.5, 0.6) is 0 Å². The second-order valence-corrected chi connectivity index (χ2v) is 2.71. The molecule has 12 heavy (non-hydrogen) atoms. The van der Waals surface area contributed by atoms with Crippen molar-refractivity contribution in [2.45, 2.75) is 26.6 Å². The smallest absolute Gasteiger partial charge is 0.352 e. The molecule has 0 atom stereocenters. The molecule has 4 nitrogen and oxygen atoms in total. The Morgan fingerprint density at radius 3 is 2.00 bits per heavy atom. The Kier molecular flexibility index (Phi) is 5.11. The van der Waals surface area contributed by atoms with Gasteiger partial charge in [-0.25, -0.2) is 4.79 Å². The van der Waals surface area contributed by atoms with Crippen LogP contribution < -0.4 is 0 Å². The van der Waals surface area contributed by atoms with Crippen molar-refractivity contribution in [3.05, 3.63) is 0 Å². The highest BCUT2D eigenvalue weighted by atomic mass is 28.2. The number of carbonyl (C=O) groups is 1. The van der Waals surface area contributed by atoms with Crippen LogP contribution in [0.25, 0.3) is 0 Å². The molecule has 0 N–H and O–H groups in total. The van der Waals surface area contributed by atoms with Gasteiger partial charge in [-0.3, -0.25) is 0 Å². The van der Waals surface area contributed by atoms with Gasteiger partial charge in [-0.1, -0.05) is 0 Å². The van der Waals surface area contributed by atoms with E-state index in [0.29, 0.717) is 23.7 Å². The van der Waals surface area contributed by atoms with Gasteiger partial charge in [0, 0.05) is 20.1 Å². The van der Waals surface area contributed by atoms with Crippen molar-refractivity contribution >= 4 is 16.5 Å². The fraction of sp³-hybridized carbons (Fsp3) is 0.857. The summed E-state index contributed by atoms with van der Waals surface area (Å²) in [6, 6.07) is 0. The highest BCUT2D eigenvalue weighted by Crippen LogP contribution is 2.13. The monoisotopic (exact) mass is 192 g/mol. The van der Waals surface area contributed by atoms with Crippen LogP contribution in [-0.4, -0.2) is 35.5 Å². The molecule has 0 saturated heterocycles. The molecule has 0 rings (SSSR count). The van der Waals surface area contributed by atoms with Gasteiger partial charge in [-0.2, -0.15) is 0 Å². The normalized spacial score (nSPS) is 11.6. The van der Waals surface area contributed by atoms with Gasteiger partial charge in [-0.15, -0.1) is 0 Å².